The highest BCUT2D eigenvalue weighted by molar-refractivity contribution is 6.30. The second-order valence-corrected chi connectivity index (χ2v) is 5.05. The van der Waals surface area contributed by atoms with E-state index < -0.39 is 6.10 Å². The van der Waals surface area contributed by atoms with Crippen molar-refractivity contribution in [3.8, 4) is 0 Å². The standard InChI is InChI=1S/C16H11ClO3/c17-11-7-5-10(6-8-11)14(18)9-15-12-3-1-2-4-13(12)16(19)20-15/h1-8,15H,9H2. The summed E-state index contributed by atoms with van der Waals surface area (Å²) >= 11 is 5.79. The first-order valence-electron chi connectivity index (χ1n) is 6.24. The molecule has 3 nitrogen and oxygen atoms in total. The number of fused-ring (bicyclic) bond motifs is 1. The summed E-state index contributed by atoms with van der Waals surface area (Å²) in [7, 11) is 0. The minimum Gasteiger partial charge on any atom is -0.453 e. The first-order chi connectivity index (χ1) is 9.65. The molecule has 0 bridgehead atoms. The zero-order valence-electron chi connectivity index (χ0n) is 10.5. The molecule has 1 atom stereocenters. The van der Waals surface area contributed by atoms with Crippen LogP contribution >= 0.6 is 11.6 Å². The molecule has 100 valence electrons. The fraction of sp³-hybridized carbons (Fsp3) is 0.125. The van der Waals surface area contributed by atoms with Gasteiger partial charge in [0.15, 0.2) is 5.78 Å². The van der Waals surface area contributed by atoms with E-state index in [2.05, 4.69) is 0 Å². The molecule has 0 aliphatic carbocycles. The van der Waals surface area contributed by atoms with Gasteiger partial charge in [-0.2, -0.15) is 0 Å². The van der Waals surface area contributed by atoms with Gasteiger partial charge >= 0.3 is 5.97 Å². The van der Waals surface area contributed by atoms with Gasteiger partial charge in [-0.25, -0.2) is 4.79 Å². The number of carbonyl (C=O) groups is 2. The summed E-state index contributed by atoms with van der Waals surface area (Å²) in [6, 6.07) is 13.8. The Morgan fingerprint density at radius 1 is 1.10 bits per heavy atom. The predicted molar refractivity (Wildman–Crippen MR) is 75.0 cm³/mol. The van der Waals surface area contributed by atoms with Crippen LogP contribution in [-0.2, 0) is 4.74 Å². The Hall–Kier alpha value is -2.13. The maximum Gasteiger partial charge on any atom is 0.339 e. The van der Waals surface area contributed by atoms with Gasteiger partial charge in [-0.05, 0) is 30.3 Å². The highest BCUT2D eigenvalue weighted by Gasteiger charge is 2.32. The number of benzene rings is 2. The van der Waals surface area contributed by atoms with E-state index in [9.17, 15) is 9.59 Å². The minimum absolute atomic E-state index is 0.0730. The Morgan fingerprint density at radius 2 is 1.80 bits per heavy atom. The first-order valence-corrected chi connectivity index (χ1v) is 6.61. The summed E-state index contributed by atoms with van der Waals surface area (Å²) in [5.74, 6) is -0.439. The molecule has 1 aliphatic rings. The molecule has 1 unspecified atom stereocenters. The third-order valence-electron chi connectivity index (χ3n) is 3.31. The maximum atomic E-state index is 12.2. The van der Waals surface area contributed by atoms with Crippen LogP contribution < -0.4 is 0 Å². The van der Waals surface area contributed by atoms with Crippen LogP contribution in [0.3, 0.4) is 0 Å². The Morgan fingerprint density at radius 3 is 2.55 bits per heavy atom. The van der Waals surface area contributed by atoms with E-state index in [1.165, 1.54) is 0 Å². The van der Waals surface area contributed by atoms with Gasteiger partial charge in [-0.15, -0.1) is 0 Å². The van der Waals surface area contributed by atoms with Crippen LogP contribution in [0, 0.1) is 0 Å². The molecule has 0 aromatic heterocycles. The molecule has 0 amide bonds. The number of cyclic esters (lactones) is 1. The van der Waals surface area contributed by atoms with Gasteiger partial charge in [-0.3, -0.25) is 4.79 Å². The highest BCUT2D eigenvalue weighted by atomic mass is 35.5. The maximum absolute atomic E-state index is 12.2. The summed E-state index contributed by atoms with van der Waals surface area (Å²) in [5, 5.41) is 0.583. The minimum atomic E-state index is -0.498. The molecule has 1 heterocycles. The molecule has 20 heavy (non-hydrogen) atoms. The molecule has 3 rings (SSSR count). The number of carbonyl (C=O) groups excluding carboxylic acids is 2. The van der Waals surface area contributed by atoms with Crippen LogP contribution in [0.2, 0.25) is 5.02 Å². The Labute approximate surface area is 121 Å². The van der Waals surface area contributed by atoms with E-state index in [1.54, 1.807) is 36.4 Å². The molecule has 0 N–H and O–H groups in total. The van der Waals surface area contributed by atoms with Crippen molar-refractivity contribution in [3.63, 3.8) is 0 Å². The van der Waals surface area contributed by atoms with Crippen LogP contribution in [0.1, 0.15) is 38.8 Å². The fourth-order valence-corrected chi connectivity index (χ4v) is 2.42. The lowest BCUT2D eigenvalue weighted by Gasteiger charge is -2.09. The Bertz CT molecular complexity index is 676. The van der Waals surface area contributed by atoms with Gasteiger partial charge in [-0.1, -0.05) is 29.8 Å². The SMILES string of the molecule is O=C(CC1OC(=O)c2ccccc21)c1ccc(Cl)cc1. The van der Waals surface area contributed by atoms with E-state index >= 15 is 0 Å². The summed E-state index contributed by atoms with van der Waals surface area (Å²) in [5.41, 5.74) is 1.89. The number of rotatable bonds is 3. The van der Waals surface area contributed by atoms with Gasteiger partial charge in [0.1, 0.15) is 6.10 Å². The summed E-state index contributed by atoms with van der Waals surface area (Å²) in [6.07, 6.45) is -0.355. The molecule has 4 heteroatoms. The van der Waals surface area contributed by atoms with Crippen LogP contribution in [0.4, 0.5) is 0 Å². The zero-order valence-corrected chi connectivity index (χ0v) is 11.3. The molecule has 0 saturated carbocycles. The Balaban J connectivity index is 1.81. The third kappa shape index (κ3) is 2.32. The van der Waals surface area contributed by atoms with E-state index in [4.69, 9.17) is 16.3 Å². The molecule has 2 aromatic carbocycles. The van der Waals surface area contributed by atoms with Crippen LogP contribution in [-0.4, -0.2) is 11.8 Å². The van der Waals surface area contributed by atoms with E-state index in [0.29, 0.717) is 16.1 Å². The van der Waals surface area contributed by atoms with E-state index in [1.807, 2.05) is 12.1 Å². The van der Waals surface area contributed by atoms with Gasteiger partial charge in [0, 0.05) is 16.1 Å². The predicted octanol–water partition coefficient (Wildman–Crippen LogP) is 3.82. The quantitative estimate of drug-likeness (QED) is 0.636. The van der Waals surface area contributed by atoms with E-state index in [-0.39, 0.29) is 18.2 Å². The third-order valence-corrected chi connectivity index (χ3v) is 3.57. The average molecular weight is 287 g/mol. The lowest BCUT2D eigenvalue weighted by Crippen LogP contribution is -2.07. The molecule has 0 saturated heterocycles. The molecular weight excluding hydrogens is 276 g/mol. The summed E-state index contributed by atoms with van der Waals surface area (Å²) in [6.45, 7) is 0. The number of ketones is 1. The molecule has 2 aromatic rings. The van der Waals surface area contributed by atoms with Crippen molar-refractivity contribution in [2.75, 3.05) is 0 Å². The van der Waals surface area contributed by atoms with Crippen molar-refractivity contribution in [1.29, 1.82) is 0 Å². The zero-order chi connectivity index (χ0) is 14.1. The van der Waals surface area contributed by atoms with Crippen molar-refractivity contribution in [1.82, 2.24) is 0 Å². The molecule has 1 aliphatic heterocycles. The van der Waals surface area contributed by atoms with Crippen molar-refractivity contribution < 1.29 is 14.3 Å². The largest absolute Gasteiger partial charge is 0.453 e. The van der Waals surface area contributed by atoms with Crippen molar-refractivity contribution >= 4 is 23.4 Å². The van der Waals surface area contributed by atoms with Crippen LogP contribution in [0.5, 0.6) is 0 Å². The molecular formula is C16H11ClO3. The topological polar surface area (TPSA) is 43.4 Å². The number of halogens is 1. The second kappa shape index (κ2) is 5.10. The van der Waals surface area contributed by atoms with Crippen molar-refractivity contribution in [2.24, 2.45) is 0 Å². The molecule has 0 spiro atoms. The van der Waals surface area contributed by atoms with E-state index in [0.717, 1.165) is 5.56 Å². The second-order valence-electron chi connectivity index (χ2n) is 4.62. The highest BCUT2D eigenvalue weighted by Crippen LogP contribution is 2.33. The smallest absolute Gasteiger partial charge is 0.339 e. The lowest BCUT2D eigenvalue weighted by molar-refractivity contribution is 0.0367. The average Bonchev–Trinajstić information content (AvgIpc) is 2.77. The summed E-state index contributed by atoms with van der Waals surface area (Å²) in [4.78, 5) is 23.9. The van der Waals surface area contributed by atoms with Crippen molar-refractivity contribution in [2.45, 2.75) is 12.5 Å². The fourth-order valence-electron chi connectivity index (χ4n) is 2.29. The monoisotopic (exact) mass is 286 g/mol. The number of esters is 1. The van der Waals surface area contributed by atoms with Gasteiger partial charge < -0.3 is 4.74 Å². The number of hydrogen-bond donors (Lipinski definition) is 0. The first kappa shape index (κ1) is 12.9. The lowest BCUT2D eigenvalue weighted by atomic mass is 9.99. The normalized spacial score (nSPS) is 16.6. The van der Waals surface area contributed by atoms with Gasteiger partial charge in [0.05, 0.1) is 12.0 Å². The number of Topliss-reactive ketones (excluding diaryl/α,β-unsaturated/α-hetero) is 1. The molecule has 0 fully saturated rings. The molecule has 0 radical (unpaired) electrons. The van der Waals surface area contributed by atoms with Gasteiger partial charge in [0.25, 0.3) is 0 Å². The van der Waals surface area contributed by atoms with Gasteiger partial charge in [0.2, 0.25) is 0 Å². The number of hydrogen-bond acceptors (Lipinski definition) is 3. The summed E-state index contributed by atoms with van der Waals surface area (Å²) < 4.78 is 5.26. The number of ether oxygens (including phenoxy) is 1. The Kier molecular flexibility index (Phi) is 3.28. The van der Waals surface area contributed by atoms with Crippen molar-refractivity contribution in [3.05, 3.63) is 70.2 Å². The van der Waals surface area contributed by atoms with Crippen LogP contribution in [0.15, 0.2) is 48.5 Å². The van der Waals surface area contributed by atoms with Crippen LogP contribution in [0.25, 0.3) is 0 Å².